The number of benzene rings is 2. The minimum absolute atomic E-state index is 0.0266. The lowest BCUT2D eigenvalue weighted by atomic mass is 9.93. The Balaban J connectivity index is 1.92. The molecule has 2 aromatic rings. The molecule has 172 valence electrons. The van der Waals surface area contributed by atoms with E-state index in [0.29, 0.717) is 34.9 Å². The van der Waals surface area contributed by atoms with E-state index in [0.717, 1.165) is 6.42 Å². The number of fused-ring (bicyclic) bond motifs is 1. The van der Waals surface area contributed by atoms with Crippen LogP contribution in [0.25, 0.3) is 0 Å². The lowest BCUT2D eigenvalue weighted by Gasteiger charge is -2.27. The highest BCUT2D eigenvalue weighted by Gasteiger charge is 2.37. The standard InChI is InChI=1S/C23H29N3O5S/c1-6-11-26-19-9-7-18(13-20(19)31-14-23(4,5)22(26)28)25-32(29,30)21-10-8-17(12-15(21)2)24-16(3)27/h7-10,12-13,25H,6,11,14H2,1-5H3,(H,24,27). The van der Waals surface area contributed by atoms with Crippen LogP contribution in [0.4, 0.5) is 17.1 Å². The maximum Gasteiger partial charge on any atom is 0.262 e. The number of nitrogens with one attached hydrogen (secondary N) is 2. The molecule has 2 aromatic carbocycles. The number of aryl methyl sites for hydroxylation is 1. The molecular weight excluding hydrogens is 430 g/mol. The van der Waals surface area contributed by atoms with Gasteiger partial charge in [-0.05, 0) is 63.1 Å². The zero-order valence-electron chi connectivity index (χ0n) is 19.0. The predicted octanol–water partition coefficient (Wildman–Crippen LogP) is 3.92. The van der Waals surface area contributed by atoms with Crippen molar-refractivity contribution in [2.24, 2.45) is 5.41 Å². The molecule has 1 heterocycles. The number of rotatable bonds is 6. The van der Waals surface area contributed by atoms with Gasteiger partial charge in [-0.1, -0.05) is 6.92 Å². The quantitative estimate of drug-likeness (QED) is 0.681. The lowest BCUT2D eigenvalue weighted by Crippen LogP contribution is -2.42. The molecule has 1 aliphatic rings. The van der Waals surface area contributed by atoms with Gasteiger partial charge in [0.1, 0.15) is 12.4 Å². The molecule has 3 rings (SSSR count). The van der Waals surface area contributed by atoms with E-state index < -0.39 is 15.4 Å². The van der Waals surface area contributed by atoms with Crippen LogP contribution in [0.2, 0.25) is 0 Å². The van der Waals surface area contributed by atoms with E-state index in [9.17, 15) is 18.0 Å². The minimum atomic E-state index is -3.88. The molecule has 0 saturated carbocycles. The monoisotopic (exact) mass is 459 g/mol. The molecule has 9 heteroatoms. The van der Waals surface area contributed by atoms with E-state index >= 15 is 0 Å². The van der Waals surface area contributed by atoms with Crippen LogP contribution < -0.4 is 19.7 Å². The van der Waals surface area contributed by atoms with E-state index in [4.69, 9.17) is 4.74 Å². The molecule has 0 saturated heterocycles. The van der Waals surface area contributed by atoms with Crippen LogP contribution >= 0.6 is 0 Å². The summed E-state index contributed by atoms with van der Waals surface area (Å²) in [5.74, 6) is 0.193. The molecule has 0 aliphatic carbocycles. The van der Waals surface area contributed by atoms with E-state index in [1.165, 1.54) is 13.0 Å². The molecule has 2 N–H and O–H groups in total. The third-order valence-corrected chi connectivity index (χ3v) is 6.69. The van der Waals surface area contributed by atoms with Crippen LogP contribution in [0.1, 0.15) is 39.7 Å². The highest BCUT2D eigenvalue weighted by atomic mass is 32.2. The fourth-order valence-corrected chi connectivity index (χ4v) is 4.88. The van der Waals surface area contributed by atoms with Gasteiger partial charge >= 0.3 is 0 Å². The Morgan fingerprint density at radius 2 is 1.84 bits per heavy atom. The van der Waals surface area contributed by atoms with Crippen LogP contribution in [0.5, 0.6) is 5.75 Å². The number of amides is 2. The fraction of sp³-hybridized carbons (Fsp3) is 0.391. The molecule has 0 spiro atoms. The molecule has 32 heavy (non-hydrogen) atoms. The summed E-state index contributed by atoms with van der Waals surface area (Å²) in [6.07, 6.45) is 0.781. The largest absolute Gasteiger partial charge is 0.490 e. The number of sulfonamides is 1. The van der Waals surface area contributed by atoms with Crippen molar-refractivity contribution in [3.05, 3.63) is 42.0 Å². The molecule has 0 fully saturated rings. The van der Waals surface area contributed by atoms with Gasteiger partial charge in [0, 0.05) is 25.2 Å². The average Bonchev–Trinajstić information content (AvgIpc) is 2.77. The fourth-order valence-electron chi connectivity index (χ4n) is 3.60. The SMILES string of the molecule is CCCN1C(=O)C(C)(C)COc2cc(NS(=O)(=O)c3ccc(NC(C)=O)cc3C)ccc21. The predicted molar refractivity (Wildman–Crippen MR) is 125 cm³/mol. The normalized spacial score (nSPS) is 15.4. The van der Waals surface area contributed by atoms with Gasteiger partial charge in [0.2, 0.25) is 11.8 Å². The van der Waals surface area contributed by atoms with Gasteiger partial charge in [-0.15, -0.1) is 0 Å². The number of carbonyl (C=O) groups excluding carboxylic acids is 2. The zero-order chi connectivity index (χ0) is 23.7. The van der Waals surface area contributed by atoms with Gasteiger partial charge in [-0.3, -0.25) is 14.3 Å². The summed E-state index contributed by atoms with van der Waals surface area (Å²) in [4.78, 5) is 26.0. The van der Waals surface area contributed by atoms with Crippen molar-refractivity contribution in [2.75, 3.05) is 28.1 Å². The summed E-state index contributed by atoms with van der Waals surface area (Å²) >= 11 is 0. The molecule has 0 atom stereocenters. The third-order valence-electron chi connectivity index (χ3n) is 5.15. The number of carbonyl (C=O) groups is 2. The van der Waals surface area contributed by atoms with E-state index in [1.54, 1.807) is 42.2 Å². The second-order valence-electron chi connectivity index (χ2n) is 8.58. The molecule has 2 amide bonds. The van der Waals surface area contributed by atoms with Crippen molar-refractivity contribution in [3.8, 4) is 5.75 Å². The third kappa shape index (κ3) is 4.88. The van der Waals surface area contributed by atoms with Gasteiger partial charge in [-0.2, -0.15) is 0 Å². The van der Waals surface area contributed by atoms with Crippen LogP contribution in [-0.2, 0) is 19.6 Å². The Labute approximate surface area is 189 Å². The summed E-state index contributed by atoms with van der Waals surface area (Å²) in [7, 11) is -3.88. The summed E-state index contributed by atoms with van der Waals surface area (Å²) in [6.45, 7) is 9.45. The van der Waals surface area contributed by atoms with Crippen molar-refractivity contribution < 1.29 is 22.7 Å². The highest BCUT2D eigenvalue weighted by Crippen LogP contribution is 2.38. The first-order valence-electron chi connectivity index (χ1n) is 10.4. The second kappa shape index (κ2) is 8.82. The van der Waals surface area contributed by atoms with Crippen molar-refractivity contribution in [2.45, 2.75) is 45.9 Å². The van der Waals surface area contributed by atoms with Gasteiger partial charge in [0.15, 0.2) is 0 Å². The molecule has 0 bridgehead atoms. The molecule has 8 nitrogen and oxygen atoms in total. The van der Waals surface area contributed by atoms with Gasteiger partial charge in [0.05, 0.1) is 21.7 Å². The highest BCUT2D eigenvalue weighted by molar-refractivity contribution is 7.92. The minimum Gasteiger partial charge on any atom is -0.490 e. The number of nitrogens with zero attached hydrogens (tertiary/aromatic N) is 1. The summed E-state index contributed by atoms with van der Waals surface area (Å²) in [5.41, 5.74) is 1.28. The lowest BCUT2D eigenvalue weighted by molar-refractivity contribution is -0.127. The van der Waals surface area contributed by atoms with Gasteiger partial charge < -0.3 is 15.0 Å². The second-order valence-corrected chi connectivity index (χ2v) is 10.2. The average molecular weight is 460 g/mol. The molecule has 0 unspecified atom stereocenters. The first-order valence-corrected chi connectivity index (χ1v) is 11.9. The topological polar surface area (TPSA) is 105 Å². The first kappa shape index (κ1) is 23.6. The van der Waals surface area contributed by atoms with Crippen LogP contribution in [0.15, 0.2) is 41.3 Å². The Hall–Kier alpha value is -3.07. The number of ether oxygens (including phenoxy) is 1. The summed E-state index contributed by atoms with van der Waals surface area (Å²) in [6, 6.07) is 9.52. The van der Waals surface area contributed by atoms with Crippen molar-refractivity contribution in [1.82, 2.24) is 0 Å². The number of hydrogen-bond donors (Lipinski definition) is 2. The van der Waals surface area contributed by atoms with Crippen molar-refractivity contribution in [1.29, 1.82) is 0 Å². The smallest absolute Gasteiger partial charge is 0.262 e. The van der Waals surface area contributed by atoms with Crippen LogP contribution in [0.3, 0.4) is 0 Å². The Kier molecular flexibility index (Phi) is 6.50. The first-order chi connectivity index (χ1) is 14.9. The number of anilines is 3. The van der Waals surface area contributed by atoms with Crippen LogP contribution in [0, 0.1) is 12.3 Å². The van der Waals surface area contributed by atoms with E-state index in [-0.39, 0.29) is 23.3 Å². The summed E-state index contributed by atoms with van der Waals surface area (Å²) < 4.78 is 34.5. The van der Waals surface area contributed by atoms with Crippen molar-refractivity contribution in [3.63, 3.8) is 0 Å². The zero-order valence-corrected chi connectivity index (χ0v) is 19.8. The Morgan fingerprint density at radius 1 is 1.16 bits per heavy atom. The van der Waals surface area contributed by atoms with Crippen molar-refractivity contribution >= 4 is 38.9 Å². The maximum absolute atomic E-state index is 13.0. The maximum atomic E-state index is 13.0. The molecular formula is C23H29N3O5S. The van der Waals surface area contributed by atoms with E-state index in [2.05, 4.69) is 10.0 Å². The molecule has 0 radical (unpaired) electrons. The van der Waals surface area contributed by atoms with E-state index in [1.807, 2.05) is 20.8 Å². The number of hydrogen-bond acceptors (Lipinski definition) is 5. The Morgan fingerprint density at radius 3 is 2.47 bits per heavy atom. The Bertz CT molecular complexity index is 1160. The molecule has 1 aliphatic heterocycles. The van der Waals surface area contributed by atoms with Crippen LogP contribution in [-0.4, -0.2) is 33.4 Å². The molecule has 0 aromatic heterocycles. The van der Waals surface area contributed by atoms with Gasteiger partial charge in [0.25, 0.3) is 10.0 Å². The van der Waals surface area contributed by atoms with Gasteiger partial charge in [-0.25, -0.2) is 8.42 Å². The summed E-state index contributed by atoms with van der Waals surface area (Å²) in [5, 5.41) is 2.64.